The number of nitrogens with one attached hydrogen (secondary N) is 1. The molecule has 2 heteroatoms. The first-order valence-electron chi connectivity index (χ1n) is 4.64. The van der Waals surface area contributed by atoms with Gasteiger partial charge in [0.2, 0.25) is 0 Å². The fourth-order valence-electron chi connectivity index (χ4n) is 1.23. The number of anilines is 1. The number of rotatable bonds is 4. The summed E-state index contributed by atoms with van der Waals surface area (Å²) in [6, 6.07) is 9.91. The molecule has 1 unspecified atom stereocenters. The third kappa shape index (κ3) is 2.95. The maximum atomic E-state index is 8.61. The van der Waals surface area contributed by atoms with Crippen LogP contribution in [0.3, 0.4) is 0 Å². The van der Waals surface area contributed by atoms with Gasteiger partial charge in [-0.2, -0.15) is 5.26 Å². The van der Waals surface area contributed by atoms with Crippen LogP contribution in [0.5, 0.6) is 0 Å². The smallest absolute Gasteiger partial charge is 0.0991 e. The third-order valence-electron chi connectivity index (χ3n) is 1.95. The summed E-state index contributed by atoms with van der Waals surface area (Å²) in [7, 11) is 0. The Kier molecular flexibility index (Phi) is 3.75. The average molecular weight is 186 g/mol. The van der Waals surface area contributed by atoms with Crippen molar-refractivity contribution in [3.8, 4) is 6.07 Å². The second kappa shape index (κ2) is 5.08. The van der Waals surface area contributed by atoms with E-state index in [-0.39, 0.29) is 0 Å². The number of benzene rings is 1. The topological polar surface area (TPSA) is 35.8 Å². The van der Waals surface area contributed by atoms with E-state index >= 15 is 0 Å². The predicted molar refractivity (Wildman–Crippen MR) is 59.1 cm³/mol. The molecule has 1 N–H and O–H groups in total. The van der Waals surface area contributed by atoms with Crippen molar-refractivity contribution in [2.24, 2.45) is 0 Å². The van der Waals surface area contributed by atoms with Gasteiger partial charge in [-0.05, 0) is 37.6 Å². The second-order valence-corrected chi connectivity index (χ2v) is 3.26. The maximum absolute atomic E-state index is 8.61. The Morgan fingerprint density at radius 3 is 2.64 bits per heavy atom. The fraction of sp³-hybridized carbons (Fsp3) is 0.250. The van der Waals surface area contributed by atoms with Crippen LogP contribution in [0, 0.1) is 11.3 Å². The van der Waals surface area contributed by atoms with Crippen LogP contribution in [0.4, 0.5) is 5.69 Å². The number of hydrogen-bond donors (Lipinski definition) is 1. The minimum atomic E-state index is 0.375. The molecule has 0 heterocycles. The van der Waals surface area contributed by atoms with Gasteiger partial charge in [0.1, 0.15) is 0 Å². The molecule has 0 saturated carbocycles. The molecule has 0 radical (unpaired) electrons. The summed E-state index contributed by atoms with van der Waals surface area (Å²) in [5, 5.41) is 11.9. The normalized spacial score (nSPS) is 11.4. The molecule has 0 saturated heterocycles. The zero-order valence-corrected chi connectivity index (χ0v) is 8.33. The van der Waals surface area contributed by atoms with Crippen LogP contribution in [0.15, 0.2) is 36.9 Å². The van der Waals surface area contributed by atoms with Gasteiger partial charge in [-0.1, -0.05) is 6.08 Å². The minimum absolute atomic E-state index is 0.375. The second-order valence-electron chi connectivity index (χ2n) is 3.26. The largest absolute Gasteiger partial charge is 0.382 e. The summed E-state index contributed by atoms with van der Waals surface area (Å²) in [6.45, 7) is 5.78. The van der Waals surface area contributed by atoms with Gasteiger partial charge in [0.15, 0.2) is 0 Å². The lowest BCUT2D eigenvalue weighted by Crippen LogP contribution is -2.13. The molecule has 0 aliphatic rings. The van der Waals surface area contributed by atoms with Crippen LogP contribution in [0.25, 0.3) is 0 Å². The lowest BCUT2D eigenvalue weighted by molar-refractivity contribution is 0.814. The van der Waals surface area contributed by atoms with Crippen LogP contribution in [-0.4, -0.2) is 6.04 Å². The Labute approximate surface area is 84.9 Å². The van der Waals surface area contributed by atoms with Crippen LogP contribution in [0.1, 0.15) is 18.9 Å². The van der Waals surface area contributed by atoms with Crippen molar-refractivity contribution in [1.82, 2.24) is 0 Å². The molecule has 72 valence electrons. The molecule has 0 aliphatic carbocycles. The van der Waals surface area contributed by atoms with Crippen LogP contribution >= 0.6 is 0 Å². The van der Waals surface area contributed by atoms with Crippen LogP contribution in [-0.2, 0) is 0 Å². The van der Waals surface area contributed by atoms with Crippen molar-refractivity contribution in [3.63, 3.8) is 0 Å². The summed E-state index contributed by atoms with van der Waals surface area (Å²) >= 11 is 0. The van der Waals surface area contributed by atoms with Gasteiger partial charge in [0.25, 0.3) is 0 Å². The molecular weight excluding hydrogens is 172 g/mol. The maximum Gasteiger partial charge on any atom is 0.0991 e. The van der Waals surface area contributed by atoms with Crippen molar-refractivity contribution in [2.45, 2.75) is 19.4 Å². The number of hydrogen-bond acceptors (Lipinski definition) is 2. The van der Waals surface area contributed by atoms with E-state index < -0.39 is 0 Å². The first-order valence-corrected chi connectivity index (χ1v) is 4.64. The van der Waals surface area contributed by atoms with Crippen LogP contribution < -0.4 is 5.32 Å². The molecule has 0 fully saturated rings. The SMILES string of the molecule is C=CCC(C)Nc1ccc(C#N)cc1. The van der Waals surface area contributed by atoms with Crippen molar-refractivity contribution in [1.29, 1.82) is 5.26 Å². The van der Waals surface area contributed by atoms with Gasteiger partial charge >= 0.3 is 0 Å². The standard InChI is InChI=1S/C12H14N2/c1-3-4-10(2)14-12-7-5-11(9-13)6-8-12/h3,5-8,10,14H,1,4H2,2H3. The molecule has 2 nitrogen and oxygen atoms in total. The monoisotopic (exact) mass is 186 g/mol. The molecule has 0 amide bonds. The molecule has 1 atom stereocenters. The average Bonchev–Trinajstić information content (AvgIpc) is 2.19. The highest BCUT2D eigenvalue weighted by Gasteiger charge is 1.98. The van der Waals surface area contributed by atoms with Crippen molar-refractivity contribution >= 4 is 5.69 Å². The molecule has 0 aliphatic heterocycles. The highest BCUT2D eigenvalue weighted by Crippen LogP contribution is 2.11. The van der Waals surface area contributed by atoms with Crippen molar-refractivity contribution in [3.05, 3.63) is 42.5 Å². The third-order valence-corrected chi connectivity index (χ3v) is 1.95. The van der Waals surface area contributed by atoms with E-state index in [1.165, 1.54) is 0 Å². The molecule has 0 bridgehead atoms. The number of nitrogens with zero attached hydrogens (tertiary/aromatic N) is 1. The molecular formula is C12H14N2. The first kappa shape index (κ1) is 10.3. The van der Waals surface area contributed by atoms with Crippen LogP contribution in [0.2, 0.25) is 0 Å². The minimum Gasteiger partial charge on any atom is -0.382 e. The van der Waals surface area contributed by atoms with Gasteiger partial charge < -0.3 is 5.32 Å². The molecule has 14 heavy (non-hydrogen) atoms. The van der Waals surface area contributed by atoms with E-state index in [0.717, 1.165) is 12.1 Å². The van der Waals surface area contributed by atoms with Gasteiger partial charge in [-0.15, -0.1) is 6.58 Å². The number of nitriles is 1. The quantitative estimate of drug-likeness (QED) is 0.734. The highest BCUT2D eigenvalue weighted by atomic mass is 14.9. The Morgan fingerprint density at radius 1 is 1.50 bits per heavy atom. The van der Waals surface area contributed by atoms with Gasteiger partial charge in [-0.25, -0.2) is 0 Å². The predicted octanol–water partition coefficient (Wildman–Crippen LogP) is 2.93. The summed E-state index contributed by atoms with van der Waals surface area (Å²) in [4.78, 5) is 0. The Balaban J connectivity index is 2.60. The van der Waals surface area contributed by atoms with Crippen molar-refractivity contribution in [2.75, 3.05) is 5.32 Å². The fourth-order valence-corrected chi connectivity index (χ4v) is 1.23. The van der Waals surface area contributed by atoms with E-state index in [1.54, 1.807) is 0 Å². The zero-order chi connectivity index (χ0) is 10.4. The molecule has 1 rings (SSSR count). The lowest BCUT2D eigenvalue weighted by atomic mass is 10.2. The highest BCUT2D eigenvalue weighted by molar-refractivity contribution is 5.47. The molecule has 0 aromatic heterocycles. The van der Waals surface area contributed by atoms with Gasteiger partial charge in [0.05, 0.1) is 11.6 Å². The van der Waals surface area contributed by atoms with E-state index in [1.807, 2.05) is 30.3 Å². The van der Waals surface area contributed by atoms with Crippen molar-refractivity contribution < 1.29 is 0 Å². The Hall–Kier alpha value is -1.75. The van der Waals surface area contributed by atoms with E-state index in [2.05, 4.69) is 24.9 Å². The van der Waals surface area contributed by atoms with Gasteiger partial charge in [0, 0.05) is 11.7 Å². The summed E-state index contributed by atoms with van der Waals surface area (Å²) in [5.74, 6) is 0. The molecule has 1 aromatic carbocycles. The summed E-state index contributed by atoms with van der Waals surface area (Å²) < 4.78 is 0. The van der Waals surface area contributed by atoms with E-state index in [9.17, 15) is 0 Å². The molecule has 1 aromatic rings. The first-order chi connectivity index (χ1) is 6.76. The van der Waals surface area contributed by atoms with E-state index in [4.69, 9.17) is 5.26 Å². The van der Waals surface area contributed by atoms with E-state index in [0.29, 0.717) is 11.6 Å². The summed E-state index contributed by atoms with van der Waals surface area (Å²) in [5.41, 5.74) is 1.73. The zero-order valence-electron chi connectivity index (χ0n) is 8.33. The van der Waals surface area contributed by atoms with Gasteiger partial charge in [-0.3, -0.25) is 0 Å². The lowest BCUT2D eigenvalue weighted by Gasteiger charge is -2.12. The Morgan fingerprint density at radius 2 is 2.14 bits per heavy atom. The Bertz CT molecular complexity index is 332. The summed E-state index contributed by atoms with van der Waals surface area (Å²) in [6.07, 6.45) is 2.82. The molecule has 0 spiro atoms.